The third kappa shape index (κ3) is 3.07. The lowest BCUT2D eigenvalue weighted by atomic mass is 10.2. The Morgan fingerprint density at radius 3 is 2.74 bits per heavy atom. The normalized spacial score (nSPS) is 10.2. The molecule has 1 N–H and O–H groups in total. The molecule has 0 unspecified atom stereocenters. The molecule has 0 saturated carbocycles. The number of carbonyl (C=O) groups is 1. The van der Waals surface area contributed by atoms with Crippen LogP contribution >= 0.6 is 0 Å². The van der Waals surface area contributed by atoms with Crippen molar-refractivity contribution in [2.75, 3.05) is 5.32 Å². The zero-order valence-corrected chi connectivity index (χ0v) is 10.9. The zero-order valence-electron chi connectivity index (χ0n) is 10.9. The Morgan fingerprint density at radius 1 is 1.32 bits per heavy atom. The number of pyridine rings is 2. The maximum atomic E-state index is 12.0. The van der Waals surface area contributed by atoms with Gasteiger partial charge in [0, 0.05) is 30.7 Å². The summed E-state index contributed by atoms with van der Waals surface area (Å²) < 4.78 is 1.53. The number of carbonyl (C=O) groups excluding carboxylic acids is 1. The number of amides is 1. The fourth-order valence-corrected chi connectivity index (χ4v) is 1.66. The lowest BCUT2D eigenvalue weighted by Crippen LogP contribution is -2.19. The SMILES string of the molecule is CCn1cc(NC(=O)c2ccc(C)nc2)ccc1=O. The fourth-order valence-electron chi connectivity index (χ4n) is 1.66. The minimum absolute atomic E-state index is 0.0856. The molecule has 2 aromatic heterocycles. The molecule has 0 bridgehead atoms. The zero-order chi connectivity index (χ0) is 13.8. The second-order valence-electron chi connectivity index (χ2n) is 4.18. The van der Waals surface area contributed by atoms with Gasteiger partial charge in [0.05, 0.1) is 11.3 Å². The highest BCUT2D eigenvalue weighted by Crippen LogP contribution is 2.07. The van der Waals surface area contributed by atoms with Crippen LogP contribution in [-0.4, -0.2) is 15.5 Å². The smallest absolute Gasteiger partial charge is 0.257 e. The molecule has 0 spiro atoms. The van der Waals surface area contributed by atoms with Crippen LogP contribution in [0, 0.1) is 6.92 Å². The van der Waals surface area contributed by atoms with Crippen LogP contribution in [0.1, 0.15) is 23.0 Å². The molecule has 19 heavy (non-hydrogen) atoms. The van der Waals surface area contributed by atoms with E-state index >= 15 is 0 Å². The summed E-state index contributed by atoms with van der Waals surface area (Å²) in [5, 5.41) is 2.74. The van der Waals surface area contributed by atoms with E-state index in [1.54, 1.807) is 24.4 Å². The van der Waals surface area contributed by atoms with E-state index in [2.05, 4.69) is 10.3 Å². The molecule has 0 fully saturated rings. The van der Waals surface area contributed by atoms with Crippen LogP contribution in [0.5, 0.6) is 0 Å². The summed E-state index contributed by atoms with van der Waals surface area (Å²) in [6, 6.07) is 6.52. The topological polar surface area (TPSA) is 64.0 Å². The lowest BCUT2D eigenvalue weighted by molar-refractivity contribution is 0.102. The highest BCUT2D eigenvalue weighted by molar-refractivity contribution is 6.03. The van der Waals surface area contributed by atoms with Crippen LogP contribution in [0.25, 0.3) is 0 Å². The fraction of sp³-hybridized carbons (Fsp3) is 0.214. The molecule has 0 saturated heterocycles. The molecule has 5 heteroatoms. The van der Waals surface area contributed by atoms with Gasteiger partial charge in [0.2, 0.25) is 0 Å². The summed E-state index contributed by atoms with van der Waals surface area (Å²) in [5.74, 6) is -0.242. The Hall–Kier alpha value is -2.43. The predicted molar refractivity (Wildman–Crippen MR) is 73.3 cm³/mol. The van der Waals surface area contributed by atoms with E-state index < -0.39 is 0 Å². The predicted octanol–water partition coefficient (Wildman–Crippen LogP) is 1.82. The van der Waals surface area contributed by atoms with Crippen molar-refractivity contribution in [2.45, 2.75) is 20.4 Å². The van der Waals surface area contributed by atoms with Gasteiger partial charge in [0.15, 0.2) is 0 Å². The van der Waals surface area contributed by atoms with Crippen LogP contribution in [-0.2, 0) is 6.54 Å². The number of nitrogens with one attached hydrogen (secondary N) is 1. The van der Waals surface area contributed by atoms with Crippen molar-refractivity contribution in [3.05, 3.63) is 58.3 Å². The largest absolute Gasteiger partial charge is 0.321 e. The standard InChI is InChI=1S/C14H15N3O2/c1-3-17-9-12(6-7-13(17)18)16-14(19)11-5-4-10(2)15-8-11/h4-9H,3H2,1-2H3,(H,16,19). The van der Waals surface area contributed by atoms with Crippen molar-refractivity contribution in [3.8, 4) is 0 Å². The molecular formula is C14H15N3O2. The number of nitrogens with zero attached hydrogens (tertiary/aromatic N) is 2. The highest BCUT2D eigenvalue weighted by atomic mass is 16.1. The van der Waals surface area contributed by atoms with E-state index in [0.717, 1.165) is 5.69 Å². The van der Waals surface area contributed by atoms with E-state index in [9.17, 15) is 9.59 Å². The van der Waals surface area contributed by atoms with E-state index in [0.29, 0.717) is 17.8 Å². The first-order valence-electron chi connectivity index (χ1n) is 6.04. The Kier molecular flexibility index (Phi) is 3.75. The number of anilines is 1. The summed E-state index contributed by atoms with van der Waals surface area (Å²) in [4.78, 5) is 27.5. The first-order valence-corrected chi connectivity index (χ1v) is 6.04. The first-order chi connectivity index (χ1) is 9.10. The summed E-state index contributed by atoms with van der Waals surface area (Å²) in [6.45, 7) is 4.30. The average Bonchev–Trinajstić information content (AvgIpc) is 2.41. The van der Waals surface area contributed by atoms with Gasteiger partial charge >= 0.3 is 0 Å². The lowest BCUT2D eigenvalue weighted by Gasteiger charge is -2.07. The van der Waals surface area contributed by atoms with Crippen molar-refractivity contribution < 1.29 is 4.79 Å². The maximum Gasteiger partial charge on any atom is 0.257 e. The molecule has 0 atom stereocenters. The van der Waals surface area contributed by atoms with Crippen LogP contribution < -0.4 is 10.9 Å². The second kappa shape index (κ2) is 5.48. The van der Waals surface area contributed by atoms with Gasteiger partial charge in [-0.1, -0.05) is 0 Å². The van der Waals surface area contributed by atoms with Crippen LogP contribution in [0.3, 0.4) is 0 Å². The Morgan fingerprint density at radius 2 is 2.11 bits per heavy atom. The second-order valence-corrected chi connectivity index (χ2v) is 4.18. The molecular weight excluding hydrogens is 242 g/mol. The number of hydrogen-bond donors (Lipinski definition) is 1. The van der Waals surface area contributed by atoms with Crippen LogP contribution in [0.2, 0.25) is 0 Å². The average molecular weight is 257 g/mol. The van der Waals surface area contributed by atoms with Crippen molar-refractivity contribution in [3.63, 3.8) is 0 Å². The highest BCUT2D eigenvalue weighted by Gasteiger charge is 2.06. The molecule has 1 amide bonds. The van der Waals surface area contributed by atoms with Gasteiger partial charge in [-0.2, -0.15) is 0 Å². The van der Waals surface area contributed by atoms with E-state index in [1.165, 1.54) is 16.8 Å². The molecule has 98 valence electrons. The van der Waals surface area contributed by atoms with E-state index in [1.807, 2.05) is 13.8 Å². The van der Waals surface area contributed by atoms with Crippen molar-refractivity contribution in [2.24, 2.45) is 0 Å². The van der Waals surface area contributed by atoms with Crippen molar-refractivity contribution in [1.82, 2.24) is 9.55 Å². The van der Waals surface area contributed by atoms with Gasteiger partial charge in [-0.15, -0.1) is 0 Å². The molecule has 0 aliphatic heterocycles. The quantitative estimate of drug-likeness (QED) is 0.912. The van der Waals surface area contributed by atoms with Gasteiger partial charge in [0.25, 0.3) is 11.5 Å². The van der Waals surface area contributed by atoms with Crippen LogP contribution in [0.4, 0.5) is 5.69 Å². The number of aromatic nitrogens is 2. The first kappa shape index (κ1) is 13.0. The van der Waals surface area contributed by atoms with Gasteiger partial charge < -0.3 is 9.88 Å². The molecule has 0 aromatic carbocycles. The minimum atomic E-state index is -0.242. The third-order valence-corrected chi connectivity index (χ3v) is 2.76. The molecule has 2 aromatic rings. The molecule has 0 aliphatic rings. The molecule has 2 heterocycles. The molecule has 0 radical (unpaired) electrons. The summed E-state index contributed by atoms with van der Waals surface area (Å²) in [6.07, 6.45) is 3.16. The summed E-state index contributed by atoms with van der Waals surface area (Å²) >= 11 is 0. The Balaban J connectivity index is 2.19. The van der Waals surface area contributed by atoms with Crippen molar-refractivity contribution in [1.29, 1.82) is 0 Å². The third-order valence-electron chi connectivity index (χ3n) is 2.76. The number of aryl methyl sites for hydroxylation is 2. The molecule has 2 rings (SSSR count). The van der Waals surface area contributed by atoms with Gasteiger partial charge in [-0.3, -0.25) is 14.6 Å². The van der Waals surface area contributed by atoms with Gasteiger partial charge in [0.1, 0.15) is 0 Å². The monoisotopic (exact) mass is 257 g/mol. The van der Waals surface area contributed by atoms with E-state index in [4.69, 9.17) is 0 Å². The maximum absolute atomic E-state index is 12.0. The Labute approximate surface area is 110 Å². The van der Waals surface area contributed by atoms with Crippen LogP contribution in [0.15, 0.2) is 41.5 Å². The van der Waals surface area contributed by atoms with Crippen molar-refractivity contribution >= 4 is 11.6 Å². The van der Waals surface area contributed by atoms with Gasteiger partial charge in [-0.05, 0) is 32.0 Å². The minimum Gasteiger partial charge on any atom is -0.321 e. The Bertz CT molecular complexity index is 644. The number of rotatable bonds is 3. The molecule has 0 aliphatic carbocycles. The summed E-state index contributed by atoms with van der Waals surface area (Å²) in [5.41, 5.74) is 1.85. The van der Waals surface area contributed by atoms with Gasteiger partial charge in [-0.25, -0.2) is 0 Å². The molecule has 5 nitrogen and oxygen atoms in total. The summed E-state index contributed by atoms with van der Waals surface area (Å²) in [7, 11) is 0. The van der Waals surface area contributed by atoms with E-state index in [-0.39, 0.29) is 11.5 Å². The number of hydrogen-bond acceptors (Lipinski definition) is 3.